The summed E-state index contributed by atoms with van der Waals surface area (Å²) in [7, 11) is 1.52. The Bertz CT molecular complexity index is 1090. The summed E-state index contributed by atoms with van der Waals surface area (Å²) in [5.74, 6) is 0.651. The third kappa shape index (κ3) is 3.33. The molecule has 2 heterocycles. The van der Waals surface area contributed by atoms with E-state index in [4.69, 9.17) is 0 Å². The van der Waals surface area contributed by atoms with E-state index in [1.807, 2.05) is 37.3 Å². The van der Waals surface area contributed by atoms with Crippen molar-refractivity contribution in [3.8, 4) is 0 Å². The van der Waals surface area contributed by atoms with Crippen LogP contribution in [0.3, 0.4) is 0 Å². The van der Waals surface area contributed by atoms with E-state index in [-0.39, 0.29) is 11.2 Å². The molecule has 0 bridgehead atoms. The largest absolute Gasteiger partial charge is 0.353 e. The second-order valence-corrected chi connectivity index (χ2v) is 7.22. The highest BCUT2D eigenvalue weighted by Crippen LogP contribution is 2.25. The SMILES string of the molecule is Cc1ccc(Cc2c(N3CCc4ccccc4C3)[nH]c(=O)n(C)c2=O)cc1. The van der Waals surface area contributed by atoms with Gasteiger partial charge in [0.15, 0.2) is 0 Å². The van der Waals surface area contributed by atoms with E-state index in [0.29, 0.717) is 24.3 Å². The Hall–Kier alpha value is -3.08. The smallest absolute Gasteiger partial charge is 0.329 e. The van der Waals surface area contributed by atoms with Gasteiger partial charge in [0.1, 0.15) is 5.82 Å². The standard InChI is InChI=1S/C22H23N3O2/c1-15-7-9-16(10-8-15)13-19-20(23-22(27)24(2)21(19)26)25-12-11-17-5-3-4-6-18(17)14-25/h3-10H,11-14H2,1-2H3,(H,23,27). The minimum atomic E-state index is -0.374. The Morgan fingerprint density at radius 2 is 1.70 bits per heavy atom. The van der Waals surface area contributed by atoms with Crippen LogP contribution < -0.4 is 16.1 Å². The molecule has 3 aromatic rings. The van der Waals surface area contributed by atoms with E-state index in [9.17, 15) is 9.59 Å². The fourth-order valence-electron chi connectivity index (χ4n) is 3.68. The van der Waals surface area contributed by atoms with Gasteiger partial charge in [0, 0.05) is 26.6 Å². The maximum atomic E-state index is 12.9. The van der Waals surface area contributed by atoms with Gasteiger partial charge in [-0.15, -0.1) is 0 Å². The topological polar surface area (TPSA) is 58.1 Å². The Morgan fingerprint density at radius 3 is 2.44 bits per heavy atom. The highest BCUT2D eigenvalue weighted by atomic mass is 16.2. The van der Waals surface area contributed by atoms with Gasteiger partial charge in [0.05, 0.1) is 5.56 Å². The van der Waals surface area contributed by atoms with Gasteiger partial charge >= 0.3 is 5.69 Å². The molecule has 2 aromatic carbocycles. The first-order valence-electron chi connectivity index (χ1n) is 9.22. The second-order valence-electron chi connectivity index (χ2n) is 7.22. The first-order chi connectivity index (χ1) is 13.0. The van der Waals surface area contributed by atoms with Crippen LogP contribution in [0.5, 0.6) is 0 Å². The van der Waals surface area contributed by atoms with Crippen LogP contribution in [0.25, 0.3) is 0 Å². The Labute approximate surface area is 157 Å². The molecule has 0 spiro atoms. The number of nitrogens with zero attached hydrogens (tertiary/aromatic N) is 2. The number of fused-ring (bicyclic) bond motifs is 1. The highest BCUT2D eigenvalue weighted by molar-refractivity contribution is 5.50. The molecular formula is C22H23N3O2. The van der Waals surface area contributed by atoms with Crippen LogP contribution in [-0.4, -0.2) is 16.1 Å². The molecule has 0 unspecified atom stereocenters. The summed E-state index contributed by atoms with van der Waals surface area (Å²) >= 11 is 0. The predicted molar refractivity (Wildman–Crippen MR) is 107 cm³/mol. The first kappa shape index (κ1) is 17.3. The van der Waals surface area contributed by atoms with E-state index < -0.39 is 0 Å². The molecule has 5 heteroatoms. The van der Waals surface area contributed by atoms with Crippen molar-refractivity contribution in [2.45, 2.75) is 26.3 Å². The van der Waals surface area contributed by atoms with Gasteiger partial charge in [-0.1, -0.05) is 54.1 Å². The lowest BCUT2D eigenvalue weighted by Crippen LogP contribution is -2.40. The Morgan fingerprint density at radius 1 is 1.00 bits per heavy atom. The number of H-pyrrole nitrogens is 1. The van der Waals surface area contributed by atoms with Crippen molar-refractivity contribution >= 4 is 5.82 Å². The quantitative estimate of drug-likeness (QED) is 0.780. The maximum Gasteiger partial charge on any atom is 0.329 e. The van der Waals surface area contributed by atoms with E-state index in [2.05, 4.69) is 28.1 Å². The molecule has 0 saturated carbocycles. The summed E-state index contributed by atoms with van der Waals surface area (Å²) in [6.07, 6.45) is 1.40. The molecule has 0 atom stereocenters. The van der Waals surface area contributed by atoms with Crippen molar-refractivity contribution < 1.29 is 0 Å². The molecule has 1 aromatic heterocycles. The molecule has 138 valence electrons. The molecule has 4 rings (SSSR count). The van der Waals surface area contributed by atoms with E-state index in [1.165, 1.54) is 23.7 Å². The van der Waals surface area contributed by atoms with Crippen molar-refractivity contribution in [3.63, 3.8) is 0 Å². The van der Waals surface area contributed by atoms with Gasteiger partial charge in [-0.2, -0.15) is 0 Å². The number of rotatable bonds is 3. The average Bonchev–Trinajstić information content (AvgIpc) is 2.69. The first-order valence-corrected chi connectivity index (χ1v) is 9.22. The van der Waals surface area contributed by atoms with Crippen LogP contribution >= 0.6 is 0 Å². The number of hydrogen-bond acceptors (Lipinski definition) is 3. The van der Waals surface area contributed by atoms with Gasteiger partial charge in [-0.05, 0) is 30.0 Å². The van der Waals surface area contributed by atoms with Crippen molar-refractivity contribution in [2.24, 2.45) is 7.05 Å². The van der Waals surface area contributed by atoms with E-state index in [0.717, 1.165) is 23.1 Å². The van der Waals surface area contributed by atoms with Crippen molar-refractivity contribution in [3.05, 3.63) is 97.2 Å². The number of hydrogen-bond donors (Lipinski definition) is 1. The number of anilines is 1. The van der Waals surface area contributed by atoms with Crippen molar-refractivity contribution in [1.29, 1.82) is 0 Å². The molecule has 0 saturated heterocycles. The fourth-order valence-corrected chi connectivity index (χ4v) is 3.68. The van der Waals surface area contributed by atoms with Crippen LogP contribution in [-0.2, 0) is 26.4 Å². The van der Waals surface area contributed by atoms with Crippen LogP contribution in [0.15, 0.2) is 58.1 Å². The van der Waals surface area contributed by atoms with Crippen LogP contribution in [0.2, 0.25) is 0 Å². The van der Waals surface area contributed by atoms with Crippen molar-refractivity contribution in [1.82, 2.24) is 9.55 Å². The molecule has 0 aliphatic carbocycles. The number of aromatic amines is 1. The summed E-state index contributed by atoms with van der Waals surface area (Å²) in [6, 6.07) is 16.5. The van der Waals surface area contributed by atoms with Crippen LogP contribution in [0.4, 0.5) is 5.82 Å². The van der Waals surface area contributed by atoms with E-state index >= 15 is 0 Å². The predicted octanol–water partition coefficient (Wildman–Crippen LogP) is 2.54. The molecule has 1 aliphatic rings. The zero-order valence-electron chi connectivity index (χ0n) is 15.7. The lowest BCUT2D eigenvalue weighted by atomic mass is 9.99. The minimum absolute atomic E-state index is 0.229. The summed E-state index contributed by atoms with van der Waals surface area (Å²) in [5, 5.41) is 0. The fraction of sp³-hybridized carbons (Fsp3) is 0.273. The van der Waals surface area contributed by atoms with Gasteiger partial charge in [-0.3, -0.25) is 14.3 Å². The molecule has 0 fully saturated rings. The summed E-state index contributed by atoms with van der Waals surface area (Å²) < 4.78 is 1.16. The third-order valence-electron chi connectivity index (χ3n) is 5.33. The highest BCUT2D eigenvalue weighted by Gasteiger charge is 2.22. The maximum absolute atomic E-state index is 12.9. The Balaban J connectivity index is 1.77. The van der Waals surface area contributed by atoms with Gasteiger partial charge in [0.25, 0.3) is 5.56 Å². The van der Waals surface area contributed by atoms with Crippen LogP contribution in [0, 0.1) is 6.92 Å². The zero-order valence-corrected chi connectivity index (χ0v) is 15.7. The van der Waals surface area contributed by atoms with Gasteiger partial charge in [0.2, 0.25) is 0 Å². The summed E-state index contributed by atoms with van der Waals surface area (Å²) in [6.45, 7) is 3.51. The number of aryl methyl sites for hydroxylation is 1. The lowest BCUT2D eigenvalue weighted by Gasteiger charge is -2.31. The van der Waals surface area contributed by atoms with Crippen molar-refractivity contribution in [2.75, 3.05) is 11.4 Å². The second kappa shape index (κ2) is 6.91. The molecule has 1 aliphatic heterocycles. The molecule has 27 heavy (non-hydrogen) atoms. The monoisotopic (exact) mass is 361 g/mol. The summed E-state index contributed by atoms with van der Waals surface area (Å²) in [5.41, 5.74) is 4.85. The zero-order chi connectivity index (χ0) is 19.0. The molecular weight excluding hydrogens is 338 g/mol. The third-order valence-corrected chi connectivity index (χ3v) is 5.33. The molecule has 1 N–H and O–H groups in total. The van der Waals surface area contributed by atoms with Crippen LogP contribution in [0.1, 0.15) is 27.8 Å². The minimum Gasteiger partial charge on any atom is -0.353 e. The molecule has 0 amide bonds. The average molecular weight is 361 g/mol. The molecule has 0 radical (unpaired) electrons. The number of aromatic nitrogens is 2. The Kier molecular flexibility index (Phi) is 4.44. The lowest BCUT2D eigenvalue weighted by molar-refractivity contribution is 0.688. The molecule has 5 nitrogen and oxygen atoms in total. The van der Waals surface area contributed by atoms with Gasteiger partial charge in [-0.25, -0.2) is 4.79 Å². The summed E-state index contributed by atoms with van der Waals surface area (Å²) in [4.78, 5) is 30.2. The number of nitrogens with one attached hydrogen (secondary N) is 1. The van der Waals surface area contributed by atoms with E-state index in [1.54, 1.807) is 0 Å². The normalized spacial score (nSPS) is 13.5. The van der Waals surface area contributed by atoms with Gasteiger partial charge < -0.3 is 4.90 Å². The number of benzene rings is 2.